The lowest BCUT2D eigenvalue weighted by molar-refractivity contribution is -0.168. The average Bonchev–Trinajstić information content (AvgIpc) is 3.04. The van der Waals surface area contributed by atoms with Crippen molar-refractivity contribution in [1.82, 2.24) is 5.32 Å². The third-order valence-electron chi connectivity index (χ3n) is 7.94. The van der Waals surface area contributed by atoms with Gasteiger partial charge < -0.3 is 35.2 Å². The van der Waals surface area contributed by atoms with Crippen molar-refractivity contribution in [3.63, 3.8) is 0 Å². The fourth-order valence-corrected chi connectivity index (χ4v) is 5.13. The lowest BCUT2D eigenvalue weighted by Gasteiger charge is -2.30. The van der Waals surface area contributed by atoms with Crippen molar-refractivity contribution in [3.8, 4) is 17.6 Å². The molecule has 0 radical (unpaired) electrons. The number of nitrogens with one attached hydrogen (secondary N) is 1. The van der Waals surface area contributed by atoms with Gasteiger partial charge in [0, 0.05) is 19.4 Å². The van der Waals surface area contributed by atoms with E-state index in [0.29, 0.717) is 17.7 Å². The molecule has 10 heteroatoms. The molecule has 0 bridgehead atoms. The summed E-state index contributed by atoms with van der Waals surface area (Å²) in [7, 11) is 1.18. The first-order valence-corrected chi connectivity index (χ1v) is 16.5. The first-order chi connectivity index (χ1) is 22.1. The van der Waals surface area contributed by atoms with Crippen molar-refractivity contribution >= 4 is 17.8 Å². The highest BCUT2D eigenvalue weighted by molar-refractivity contribution is 5.92. The second-order valence-corrected chi connectivity index (χ2v) is 11.6. The zero-order valence-electron chi connectivity index (χ0n) is 27.8. The van der Waals surface area contributed by atoms with Crippen LogP contribution in [0, 0.1) is 17.8 Å². The normalized spacial score (nSPS) is 14.4. The summed E-state index contributed by atoms with van der Waals surface area (Å²) >= 11 is 0. The van der Waals surface area contributed by atoms with E-state index in [-0.39, 0.29) is 19.1 Å². The summed E-state index contributed by atoms with van der Waals surface area (Å²) in [4.78, 5) is 38.2. The van der Waals surface area contributed by atoms with E-state index in [9.17, 15) is 34.8 Å². The minimum absolute atomic E-state index is 0.0446. The molecule has 0 aromatic heterocycles. The maximum atomic E-state index is 13.5. The number of methoxy groups -OCH3 is 1. The number of benzene rings is 1. The van der Waals surface area contributed by atoms with E-state index >= 15 is 0 Å². The fourth-order valence-electron chi connectivity index (χ4n) is 5.13. The molecule has 0 fully saturated rings. The number of amides is 1. The number of ether oxygens (including phenoxy) is 2. The van der Waals surface area contributed by atoms with Gasteiger partial charge in [0.2, 0.25) is 5.91 Å². The third kappa shape index (κ3) is 15.7. The summed E-state index contributed by atoms with van der Waals surface area (Å²) in [5.41, 5.74) is -1.91. The number of carboxylic acid groups (broad SMARTS) is 1. The largest absolute Gasteiger partial charge is 0.481 e. The molecule has 0 saturated carbocycles. The second-order valence-electron chi connectivity index (χ2n) is 11.6. The molecule has 0 spiro atoms. The summed E-state index contributed by atoms with van der Waals surface area (Å²) in [6, 6.07) is 5.70. The average molecular weight is 646 g/mol. The van der Waals surface area contributed by atoms with Crippen LogP contribution in [0.4, 0.5) is 0 Å². The van der Waals surface area contributed by atoms with Gasteiger partial charge in [0.05, 0.1) is 19.1 Å². The van der Waals surface area contributed by atoms with E-state index in [1.165, 1.54) is 32.4 Å². The van der Waals surface area contributed by atoms with Crippen molar-refractivity contribution in [2.45, 2.75) is 121 Å². The molecule has 0 aliphatic heterocycles. The Hall–Kier alpha value is -3.39. The standard InChI is InChI=1S/C36H55NO9/c1-4-6-8-11-14-17-29(39)18-15-12-9-10-13-16-19-31(36(44,24-25-38)35(42)43)33(40)37-32(34(41)45-3)27-28-20-22-30(23-21-28)46-26-7-5-2/h16,19-23,29,31-32,38-39,44H,4,6,8-15,17-18,24-27H2,1-3H3,(H,37,40)(H,42,43)/b19-16+/t29?,31-,32+,36+/m1/s1. The highest BCUT2D eigenvalue weighted by atomic mass is 16.5. The Bertz CT molecular complexity index is 1110. The number of aliphatic hydroxyl groups excluding tert-OH is 2. The predicted octanol–water partition coefficient (Wildman–Crippen LogP) is 4.72. The van der Waals surface area contributed by atoms with Crippen molar-refractivity contribution in [3.05, 3.63) is 42.0 Å². The molecule has 5 N–H and O–H groups in total. The number of unbranched alkanes of at least 4 members (excludes halogenated alkanes) is 8. The smallest absolute Gasteiger partial charge is 0.336 e. The van der Waals surface area contributed by atoms with Crippen molar-refractivity contribution in [2.75, 3.05) is 20.3 Å². The Morgan fingerprint density at radius 1 is 1.00 bits per heavy atom. The lowest BCUT2D eigenvalue weighted by Crippen LogP contribution is -2.55. The molecule has 1 aromatic carbocycles. The summed E-state index contributed by atoms with van der Waals surface area (Å²) in [6.07, 6.45) is 13.7. The molecule has 1 amide bonds. The van der Waals surface area contributed by atoms with Gasteiger partial charge in [-0.2, -0.15) is 0 Å². The van der Waals surface area contributed by atoms with Crippen LogP contribution in [0.1, 0.15) is 103 Å². The summed E-state index contributed by atoms with van der Waals surface area (Å²) in [6.45, 7) is 3.46. The molecule has 4 atom stereocenters. The Kier molecular flexibility index (Phi) is 21.1. The third-order valence-corrected chi connectivity index (χ3v) is 7.94. The molecule has 0 aliphatic carbocycles. The molecule has 0 heterocycles. The highest BCUT2D eigenvalue weighted by Gasteiger charge is 2.47. The van der Waals surface area contributed by atoms with Crippen LogP contribution in [0.25, 0.3) is 0 Å². The van der Waals surface area contributed by atoms with Crippen molar-refractivity contribution in [1.29, 1.82) is 0 Å². The van der Waals surface area contributed by atoms with Crippen LogP contribution in [0.2, 0.25) is 0 Å². The van der Waals surface area contributed by atoms with Crippen molar-refractivity contribution < 1.29 is 44.3 Å². The van der Waals surface area contributed by atoms with E-state index in [0.717, 1.165) is 51.4 Å². The van der Waals surface area contributed by atoms with Gasteiger partial charge in [-0.3, -0.25) is 4.79 Å². The molecular weight excluding hydrogens is 590 g/mol. The molecule has 46 heavy (non-hydrogen) atoms. The maximum Gasteiger partial charge on any atom is 0.336 e. The number of rotatable bonds is 25. The van der Waals surface area contributed by atoms with Crippen LogP contribution in [0.3, 0.4) is 0 Å². The number of carbonyl (C=O) groups excluding carboxylic acids is 2. The number of carboxylic acids is 1. The zero-order chi connectivity index (χ0) is 34.2. The van der Waals surface area contributed by atoms with Gasteiger partial charge in [-0.05, 0) is 50.3 Å². The lowest BCUT2D eigenvalue weighted by atomic mass is 9.83. The van der Waals surface area contributed by atoms with E-state index in [2.05, 4.69) is 24.1 Å². The van der Waals surface area contributed by atoms with Gasteiger partial charge in [-0.25, -0.2) is 9.59 Å². The Labute approximate surface area is 274 Å². The van der Waals surface area contributed by atoms with Crippen LogP contribution in [-0.2, 0) is 25.5 Å². The minimum Gasteiger partial charge on any atom is -0.481 e. The maximum absolute atomic E-state index is 13.5. The molecular formula is C36H55NO9. The monoisotopic (exact) mass is 645 g/mol. The van der Waals surface area contributed by atoms with Gasteiger partial charge in [0.1, 0.15) is 18.4 Å². The Balaban J connectivity index is 2.82. The number of carbonyl (C=O) groups is 3. The molecule has 0 saturated heterocycles. The van der Waals surface area contributed by atoms with E-state index < -0.39 is 48.4 Å². The first-order valence-electron chi connectivity index (χ1n) is 16.5. The number of aliphatic hydroxyl groups is 3. The SMILES string of the molecule is CC#CCOc1ccc(C[C@H](NC(=O)[C@@H](/C=C/CCCCCCC(O)CCCCCCC)[C@@](O)(CCO)C(=O)O)C(=O)OC)cc1. The summed E-state index contributed by atoms with van der Waals surface area (Å²) < 4.78 is 10.4. The van der Waals surface area contributed by atoms with Crippen LogP contribution < -0.4 is 10.1 Å². The van der Waals surface area contributed by atoms with Gasteiger partial charge in [0.25, 0.3) is 0 Å². The topological polar surface area (TPSA) is 163 Å². The molecule has 10 nitrogen and oxygen atoms in total. The number of esters is 1. The Morgan fingerprint density at radius 2 is 1.63 bits per heavy atom. The van der Waals surface area contributed by atoms with E-state index in [4.69, 9.17) is 9.47 Å². The number of aliphatic carboxylic acids is 1. The van der Waals surface area contributed by atoms with Crippen LogP contribution in [0.5, 0.6) is 5.75 Å². The van der Waals surface area contributed by atoms with Gasteiger partial charge in [-0.15, -0.1) is 5.92 Å². The van der Waals surface area contributed by atoms with Gasteiger partial charge >= 0.3 is 11.9 Å². The highest BCUT2D eigenvalue weighted by Crippen LogP contribution is 2.25. The molecule has 258 valence electrons. The summed E-state index contributed by atoms with van der Waals surface area (Å²) in [5, 5.41) is 43.1. The first kappa shape index (κ1) is 40.6. The minimum atomic E-state index is -2.59. The van der Waals surface area contributed by atoms with E-state index in [1.807, 2.05) is 0 Å². The Morgan fingerprint density at radius 3 is 2.20 bits per heavy atom. The molecule has 1 unspecified atom stereocenters. The van der Waals surface area contributed by atoms with Crippen LogP contribution in [0.15, 0.2) is 36.4 Å². The molecule has 1 rings (SSSR count). The molecule has 1 aromatic rings. The molecule has 0 aliphatic rings. The zero-order valence-corrected chi connectivity index (χ0v) is 27.8. The number of hydrogen-bond donors (Lipinski definition) is 5. The predicted molar refractivity (Wildman–Crippen MR) is 177 cm³/mol. The van der Waals surface area contributed by atoms with Gasteiger partial charge in [-0.1, -0.05) is 88.5 Å². The van der Waals surface area contributed by atoms with Gasteiger partial charge in [0.15, 0.2) is 5.60 Å². The number of allylic oxidation sites excluding steroid dienone is 1. The quantitative estimate of drug-likeness (QED) is 0.0438. The van der Waals surface area contributed by atoms with E-state index in [1.54, 1.807) is 37.3 Å². The second kappa shape index (κ2) is 23.9. The van der Waals surface area contributed by atoms with Crippen LogP contribution >= 0.6 is 0 Å². The fraction of sp³-hybridized carbons (Fsp3) is 0.639. The van der Waals surface area contributed by atoms with Crippen LogP contribution in [-0.4, -0.2) is 76.3 Å². The summed E-state index contributed by atoms with van der Waals surface area (Å²) in [5.74, 6) is 1.26. The van der Waals surface area contributed by atoms with Crippen molar-refractivity contribution in [2.24, 2.45) is 5.92 Å². The number of hydrogen-bond acceptors (Lipinski definition) is 8.